The number of cyclic esters (lactones) is 2. The molecule has 1 aromatic carbocycles. The molecule has 11 atom stereocenters. The predicted octanol–water partition coefficient (Wildman–Crippen LogP) is 3.55. The van der Waals surface area contributed by atoms with Gasteiger partial charge in [0, 0.05) is 53.0 Å². The van der Waals surface area contributed by atoms with E-state index in [0.717, 1.165) is 6.92 Å². The largest absolute Gasteiger partial charge is 0.497 e. The minimum atomic E-state index is -1.65. The van der Waals surface area contributed by atoms with Gasteiger partial charge in [-0.1, -0.05) is 73.9 Å². The molecule has 21 nitrogen and oxygen atoms in total. The number of esters is 2. The maximum Gasteiger partial charge on any atom is 0.329 e. The Kier molecular flexibility index (Phi) is 23.8. The number of ketones is 2. The number of carbonyl (C=O) groups is 11. The van der Waals surface area contributed by atoms with Gasteiger partial charge in [0.2, 0.25) is 41.2 Å². The summed E-state index contributed by atoms with van der Waals surface area (Å²) < 4.78 is 17.4. The van der Waals surface area contributed by atoms with Crippen LogP contribution in [0, 0.1) is 29.6 Å². The third-order valence-corrected chi connectivity index (χ3v) is 15.4. The minimum Gasteiger partial charge on any atom is -0.497 e. The average Bonchev–Trinajstić information content (AvgIpc) is 4.15. The van der Waals surface area contributed by atoms with Crippen molar-refractivity contribution in [1.29, 1.82) is 0 Å². The first-order valence-electron chi connectivity index (χ1n) is 27.8. The molecule has 21 heteroatoms. The molecule has 1 unspecified atom stereocenters. The zero-order valence-electron chi connectivity index (χ0n) is 48.4. The van der Waals surface area contributed by atoms with Gasteiger partial charge in [-0.25, -0.2) is 4.79 Å². The van der Waals surface area contributed by atoms with Crippen LogP contribution in [0.1, 0.15) is 140 Å². The highest BCUT2D eigenvalue weighted by Gasteiger charge is 2.45. The SMILES string of the molecule is CCC(C)[C@@H]1CCC(=O)O[C@@H](C(C)C)C(=O)[C@H](C)C(=O)N[C@@H](CC(C)C)C(=O)N2CCC[C@H]2C(=O)N(C)[C@@H](Cc2ccc(OC)cc2)C(=O)O[C@H](C)[C@H](NC(=O)[C@@H](CC(C)C)N(C)C(=O)[C@@H]2CCCN2C(=O)C(C)=O)C(=O)N1. The number of likely N-dealkylation sites (N-methyl/N-ethyl adjacent to an activating group) is 2. The van der Waals surface area contributed by atoms with Gasteiger partial charge < -0.3 is 49.8 Å². The van der Waals surface area contributed by atoms with Crippen molar-refractivity contribution in [3.05, 3.63) is 29.8 Å². The van der Waals surface area contributed by atoms with Crippen molar-refractivity contribution in [3.8, 4) is 5.75 Å². The molecule has 4 rings (SSSR count). The van der Waals surface area contributed by atoms with Crippen molar-refractivity contribution < 1.29 is 67.0 Å². The van der Waals surface area contributed by atoms with Gasteiger partial charge in [0.15, 0.2) is 11.9 Å². The van der Waals surface area contributed by atoms with Crippen LogP contribution >= 0.6 is 0 Å². The van der Waals surface area contributed by atoms with Crippen molar-refractivity contribution in [2.24, 2.45) is 29.6 Å². The number of Topliss-reactive ketones (excluding diaryl/α,β-unsaturated/α-hetero) is 2. The Morgan fingerprint density at radius 1 is 0.833 bits per heavy atom. The molecule has 3 aliphatic heterocycles. The Bertz CT molecular complexity index is 2340. The Balaban J connectivity index is 1.87. The number of methoxy groups -OCH3 is 1. The van der Waals surface area contributed by atoms with E-state index in [9.17, 15) is 52.7 Å². The number of amides is 7. The summed E-state index contributed by atoms with van der Waals surface area (Å²) in [6, 6.07) is -1.44. The third-order valence-electron chi connectivity index (χ3n) is 15.4. The van der Waals surface area contributed by atoms with Gasteiger partial charge in [0.05, 0.1) is 13.0 Å². The summed E-state index contributed by atoms with van der Waals surface area (Å²) in [5.41, 5.74) is 0.595. The first-order valence-corrected chi connectivity index (χ1v) is 27.8. The van der Waals surface area contributed by atoms with Crippen LogP contribution in [0.15, 0.2) is 24.3 Å². The lowest BCUT2D eigenvalue weighted by Crippen LogP contribution is -2.61. The molecule has 0 aromatic heterocycles. The molecule has 0 radical (unpaired) electrons. The number of hydrogen-bond donors (Lipinski definition) is 3. The van der Waals surface area contributed by atoms with Crippen LogP contribution in [0.2, 0.25) is 0 Å². The van der Waals surface area contributed by atoms with Gasteiger partial charge in [-0.05, 0) is 100 Å². The van der Waals surface area contributed by atoms with E-state index in [2.05, 4.69) is 16.0 Å². The van der Waals surface area contributed by atoms with Gasteiger partial charge >= 0.3 is 11.9 Å². The Morgan fingerprint density at radius 2 is 1.47 bits per heavy atom. The van der Waals surface area contributed by atoms with Gasteiger partial charge in [-0.3, -0.25) is 47.9 Å². The van der Waals surface area contributed by atoms with Crippen LogP contribution in [0.3, 0.4) is 0 Å². The second-order valence-electron chi connectivity index (χ2n) is 22.7. The highest BCUT2D eigenvalue weighted by atomic mass is 16.6. The number of likely N-dealkylation sites (tertiary alicyclic amines) is 1. The van der Waals surface area contributed by atoms with Crippen LogP contribution in [-0.2, 0) is 68.6 Å². The molecule has 0 saturated carbocycles. The molecular formula is C57H87N7O14. The van der Waals surface area contributed by atoms with E-state index in [1.165, 1.54) is 54.7 Å². The first kappa shape index (κ1) is 64.1. The molecule has 434 valence electrons. The molecule has 0 bridgehead atoms. The van der Waals surface area contributed by atoms with Crippen molar-refractivity contribution >= 4 is 64.9 Å². The third kappa shape index (κ3) is 16.6. The summed E-state index contributed by atoms with van der Waals surface area (Å²) in [6.45, 7) is 18.7. The number of rotatable bonds is 15. The molecule has 78 heavy (non-hydrogen) atoms. The number of ether oxygens (including phenoxy) is 3. The number of nitrogens with one attached hydrogen (secondary N) is 3. The second-order valence-corrected chi connectivity index (χ2v) is 22.7. The molecule has 7 amide bonds. The summed E-state index contributed by atoms with van der Waals surface area (Å²) >= 11 is 0. The molecule has 3 heterocycles. The number of hydrogen-bond acceptors (Lipinski definition) is 14. The monoisotopic (exact) mass is 1090 g/mol. The lowest BCUT2D eigenvalue weighted by molar-refractivity contribution is -0.162. The first-order chi connectivity index (χ1) is 36.6. The van der Waals surface area contributed by atoms with Crippen molar-refractivity contribution in [3.63, 3.8) is 0 Å². The standard InChI is InChI=1S/C57H87N7O14/c1-15-34(8)40-24-25-46(66)78-49(33(6)7)48(67)35(9)50(68)59-41(28-31(2)3)54(72)64-27-17-19-43(64)56(74)62(13)45(30-38-20-22-39(76-14)23-21-38)57(75)77-37(11)47(52(70)58-40)60-51(69)44(29-32(4)5)61(12)55(73)42-18-16-26-63(42)53(71)36(10)65/h20-23,31-35,37,40-45,47,49H,15-19,24-30H2,1-14H3,(H,58,70)(H,59,68)(H,60,69)/t34?,35-,37+,40-,41-,42-,43-,44+,45-,47-,49-/m0/s1. The van der Waals surface area contributed by atoms with Crippen LogP contribution in [0.4, 0.5) is 0 Å². The van der Waals surface area contributed by atoms with Crippen LogP contribution in [0.5, 0.6) is 5.75 Å². The molecule has 3 saturated heterocycles. The quantitative estimate of drug-likeness (QED) is 0.129. The maximum absolute atomic E-state index is 15.0. The molecule has 0 spiro atoms. The Labute approximate surface area is 460 Å². The summed E-state index contributed by atoms with van der Waals surface area (Å²) in [7, 11) is 4.33. The Hall–Kier alpha value is -6.41. The number of benzene rings is 1. The average molecular weight is 1090 g/mol. The molecule has 3 aliphatic rings. The zero-order chi connectivity index (χ0) is 58.5. The van der Waals surface area contributed by atoms with E-state index in [1.54, 1.807) is 38.1 Å². The van der Waals surface area contributed by atoms with Crippen molar-refractivity contribution in [1.82, 2.24) is 35.6 Å². The van der Waals surface area contributed by atoms with E-state index < -0.39 is 131 Å². The summed E-state index contributed by atoms with van der Waals surface area (Å²) in [5.74, 6) is -10.0. The maximum atomic E-state index is 15.0. The van der Waals surface area contributed by atoms with E-state index in [0.29, 0.717) is 30.6 Å². The topological polar surface area (TPSA) is 265 Å². The summed E-state index contributed by atoms with van der Waals surface area (Å²) in [4.78, 5) is 160. The number of nitrogens with zero attached hydrogens (tertiary/aromatic N) is 4. The van der Waals surface area contributed by atoms with E-state index >= 15 is 0 Å². The van der Waals surface area contributed by atoms with Crippen LogP contribution in [0.25, 0.3) is 0 Å². The molecule has 0 aliphatic carbocycles. The van der Waals surface area contributed by atoms with Crippen molar-refractivity contribution in [2.45, 2.75) is 195 Å². The minimum absolute atomic E-state index is 0.00104. The number of fused-ring (bicyclic) bond motifs is 1. The fourth-order valence-corrected chi connectivity index (χ4v) is 10.4. The summed E-state index contributed by atoms with van der Waals surface area (Å²) in [6.07, 6.45) is -1.06. The van der Waals surface area contributed by atoms with Gasteiger partial charge in [0.25, 0.3) is 5.91 Å². The lowest BCUT2D eigenvalue weighted by atomic mass is 9.92. The fraction of sp³-hybridized carbons (Fsp3) is 0.702. The van der Waals surface area contributed by atoms with Gasteiger partial charge in [0.1, 0.15) is 48.1 Å². The number of carbonyl (C=O) groups excluding carboxylic acids is 11. The predicted molar refractivity (Wildman–Crippen MR) is 288 cm³/mol. The smallest absolute Gasteiger partial charge is 0.329 e. The molecule has 1 aromatic rings. The fourth-order valence-electron chi connectivity index (χ4n) is 10.4. The Morgan fingerprint density at radius 3 is 2.05 bits per heavy atom. The molecular weight excluding hydrogens is 1010 g/mol. The molecule has 3 fully saturated rings. The van der Waals surface area contributed by atoms with E-state index in [1.807, 2.05) is 41.5 Å². The van der Waals surface area contributed by atoms with E-state index in [4.69, 9.17) is 14.2 Å². The molecule has 3 N–H and O–H groups in total. The van der Waals surface area contributed by atoms with Crippen LogP contribution < -0.4 is 20.7 Å². The van der Waals surface area contributed by atoms with Gasteiger partial charge in [-0.2, -0.15) is 0 Å². The second kappa shape index (κ2) is 29.0. The zero-order valence-corrected chi connectivity index (χ0v) is 48.4. The van der Waals surface area contributed by atoms with Gasteiger partial charge in [-0.15, -0.1) is 0 Å². The van der Waals surface area contributed by atoms with Crippen molar-refractivity contribution in [2.75, 3.05) is 34.3 Å². The summed E-state index contributed by atoms with van der Waals surface area (Å²) in [5, 5.41) is 8.54. The highest BCUT2D eigenvalue weighted by Crippen LogP contribution is 2.27. The lowest BCUT2D eigenvalue weighted by Gasteiger charge is -2.36. The normalized spacial score (nSPS) is 26.4. The highest BCUT2D eigenvalue weighted by molar-refractivity contribution is 6.35. The van der Waals surface area contributed by atoms with E-state index in [-0.39, 0.29) is 75.8 Å². The van der Waals surface area contributed by atoms with Crippen LogP contribution in [-0.4, -0.2) is 173 Å².